The van der Waals surface area contributed by atoms with E-state index in [0.717, 1.165) is 6.54 Å². The van der Waals surface area contributed by atoms with Gasteiger partial charge < -0.3 is 0 Å². The molecule has 0 saturated carbocycles. The van der Waals surface area contributed by atoms with Crippen molar-refractivity contribution < 1.29 is 0 Å². The Morgan fingerprint density at radius 1 is 0.650 bits per heavy atom. The van der Waals surface area contributed by atoms with Crippen LogP contribution in [0.25, 0.3) is 0 Å². The van der Waals surface area contributed by atoms with Gasteiger partial charge in [-0.05, 0) is 32.1 Å². The van der Waals surface area contributed by atoms with Crippen LogP contribution in [-0.2, 0) is 0 Å². The van der Waals surface area contributed by atoms with E-state index in [2.05, 4.69) is 39.6 Å². The standard InChI is InChI=1S/C18H36BrN/c1-2-3-4-5-6-7-8-9-10-11-12-13-14-15-16-17-18-20-19/h9-10,20H,2-8,11-18H2,1H3/b10-9-. The average molecular weight is 346 g/mol. The molecule has 0 aromatic carbocycles. The molecule has 120 valence electrons. The molecule has 0 fully saturated rings. The molecule has 0 radical (unpaired) electrons. The Bertz CT molecular complexity index is 192. The summed E-state index contributed by atoms with van der Waals surface area (Å²) in [5.41, 5.74) is 0. The van der Waals surface area contributed by atoms with Gasteiger partial charge in [-0.3, -0.25) is 4.34 Å². The van der Waals surface area contributed by atoms with Crippen LogP contribution in [-0.4, -0.2) is 6.54 Å². The van der Waals surface area contributed by atoms with Crippen molar-refractivity contribution in [3.8, 4) is 0 Å². The minimum absolute atomic E-state index is 1.10. The molecule has 0 aliphatic rings. The molecule has 0 rings (SSSR count). The highest BCUT2D eigenvalue weighted by Gasteiger charge is 1.91. The molecule has 2 heteroatoms. The molecule has 1 N–H and O–H groups in total. The second-order valence-corrected chi connectivity index (χ2v) is 6.38. The number of unbranched alkanes of at least 4 members (excludes halogenated alkanes) is 12. The van der Waals surface area contributed by atoms with Gasteiger partial charge in [-0.2, -0.15) is 0 Å². The maximum Gasteiger partial charge on any atom is 0.00875 e. The fourth-order valence-corrected chi connectivity index (χ4v) is 2.72. The zero-order chi connectivity index (χ0) is 14.7. The van der Waals surface area contributed by atoms with Gasteiger partial charge in [0.05, 0.1) is 0 Å². The van der Waals surface area contributed by atoms with E-state index in [1.54, 1.807) is 0 Å². The fourth-order valence-electron chi connectivity index (χ4n) is 2.44. The van der Waals surface area contributed by atoms with Crippen LogP contribution in [0.5, 0.6) is 0 Å². The SMILES string of the molecule is CCCCCCCC/C=C\CCCCCCCCNBr. The topological polar surface area (TPSA) is 12.0 Å². The maximum absolute atomic E-state index is 3.24. The van der Waals surface area contributed by atoms with E-state index in [-0.39, 0.29) is 0 Å². The van der Waals surface area contributed by atoms with E-state index in [1.165, 1.54) is 89.9 Å². The zero-order valence-corrected chi connectivity index (χ0v) is 15.2. The van der Waals surface area contributed by atoms with Crippen molar-refractivity contribution in [1.82, 2.24) is 4.34 Å². The predicted octanol–water partition coefficient (Wildman–Crippen LogP) is 6.92. The molecule has 0 heterocycles. The largest absolute Gasteiger partial charge is 0.256 e. The third kappa shape index (κ3) is 18.2. The molecule has 0 aromatic rings. The van der Waals surface area contributed by atoms with Crippen LogP contribution in [0.2, 0.25) is 0 Å². The summed E-state index contributed by atoms with van der Waals surface area (Å²) in [6.45, 7) is 3.38. The van der Waals surface area contributed by atoms with Crippen LogP contribution in [0, 0.1) is 0 Å². The van der Waals surface area contributed by atoms with E-state index < -0.39 is 0 Å². The molecule has 0 aliphatic carbocycles. The molecular formula is C18H36BrN. The van der Waals surface area contributed by atoms with Gasteiger partial charge in [0.1, 0.15) is 0 Å². The highest BCUT2D eigenvalue weighted by Crippen LogP contribution is 2.09. The quantitative estimate of drug-likeness (QED) is 0.182. The smallest absolute Gasteiger partial charge is 0.00875 e. The molecule has 0 bridgehead atoms. The molecule has 0 saturated heterocycles. The molecular weight excluding hydrogens is 310 g/mol. The van der Waals surface area contributed by atoms with Gasteiger partial charge in [0, 0.05) is 22.7 Å². The van der Waals surface area contributed by atoms with Crippen molar-refractivity contribution in [1.29, 1.82) is 0 Å². The summed E-state index contributed by atoms with van der Waals surface area (Å²) in [6.07, 6.45) is 24.1. The summed E-state index contributed by atoms with van der Waals surface area (Å²) in [5.74, 6) is 0. The normalized spacial score (nSPS) is 11.5. The molecule has 0 aliphatic heterocycles. The number of halogens is 1. The second-order valence-electron chi connectivity index (χ2n) is 5.82. The lowest BCUT2D eigenvalue weighted by molar-refractivity contribution is 0.596. The molecule has 0 aromatic heterocycles. The number of nitrogens with one attached hydrogen (secondary N) is 1. The van der Waals surface area contributed by atoms with Crippen LogP contribution in [0.1, 0.15) is 96.8 Å². The first-order valence-electron chi connectivity index (χ1n) is 8.90. The van der Waals surface area contributed by atoms with Gasteiger partial charge in [-0.25, -0.2) is 0 Å². The summed E-state index contributed by atoms with van der Waals surface area (Å²) >= 11 is 3.24. The first-order chi connectivity index (χ1) is 9.91. The van der Waals surface area contributed by atoms with Gasteiger partial charge in [0.15, 0.2) is 0 Å². The summed E-state index contributed by atoms with van der Waals surface area (Å²) in [7, 11) is 0. The highest BCUT2D eigenvalue weighted by molar-refractivity contribution is 9.08. The number of hydrogen-bond donors (Lipinski definition) is 1. The third-order valence-corrected chi connectivity index (χ3v) is 4.18. The van der Waals surface area contributed by atoms with Crippen molar-refractivity contribution in [2.45, 2.75) is 96.8 Å². The molecule has 20 heavy (non-hydrogen) atoms. The minimum atomic E-state index is 1.10. The predicted molar refractivity (Wildman–Crippen MR) is 96.4 cm³/mol. The average Bonchev–Trinajstić information content (AvgIpc) is 2.47. The Morgan fingerprint density at radius 2 is 1.10 bits per heavy atom. The lowest BCUT2D eigenvalue weighted by Crippen LogP contribution is -1.98. The zero-order valence-electron chi connectivity index (χ0n) is 13.6. The Balaban J connectivity index is 3.01. The highest BCUT2D eigenvalue weighted by atomic mass is 79.9. The maximum atomic E-state index is 3.24. The first-order valence-corrected chi connectivity index (χ1v) is 9.69. The van der Waals surface area contributed by atoms with Crippen LogP contribution in [0.4, 0.5) is 0 Å². The van der Waals surface area contributed by atoms with Crippen molar-refractivity contribution in [2.24, 2.45) is 0 Å². The summed E-state index contributed by atoms with van der Waals surface area (Å²) < 4.78 is 3.02. The summed E-state index contributed by atoms with van der Waals surface area (Å²) in [6, 6.07) is 0. The number of hydrogen-bond acceptors (Lipinski definition) is 1. The van der Waals surface area contributed by atoms with Crippen LogP contribution in [0.3, 0.4) is 0 Å². The Kier molecular flexibility index (Phi) is 19.4. The van der Waals surface area contributed by atoms with Crippen LogP contribution in [0.15, 0.2) is 12.2 Å². The molecule has 1 nitrogen and oxygen atoms in total. The third-order valence-electron chi connectivity index (χ3n) is 3.78. The van der Waals surface area contributed by atoms with Gasteiger partial charge in [-0.1, -0.05) is 76.9 Å². The molecule has 0 spiro atoms. The van der Waals surface area contributed by atoms with Crippen LogP contribution >= 0.6 is 16.1 Å². The van der Waals surface area contributed by atoms with E-state index in [0.29, 0.717) is 0 Å². The number of allylic oxidation sites excluding steroid dienone is 2. The summed E-state index contributed by atoms with van der Waals surface area (Å²) in [4.78, 5) is 0. The van der Waals surface area contributed by atoms with Crippen LogP contribution < -0.4 is 4.34 Å². The van der Waals surface area contributed by atoms with Crippen molar-refractivity contribution in [2.75, 3.05) is 6.54 Å². The molecule has 0 amide bonds. The Labute approximate surface area is 136 Å². The Morgan fingerprint density at radius 3 is 1.60 bits per heavy atom. The Hall–Kier alpha value is 0.180. The fraction of sp³-hybridized carbons (Fsp3) is 0.889. The van der Waals surface area contributed by atoms with E-state index >= 15 is 0 Å². The van der Waals surface area contributed by atoms with E-state index in [9.17, 15) is 0 Å². The first kappa shape index (κ1) is 20.2. The lowest BCUT2D eigenvalue weighted by atomic mass is 10.1. The van der Waals surface area contributed by atoms with E-state index in [1.807, 2.05) is 0 Å². The molecule has 0 unspecified atom stereocenters. The van der Waals surface area contributed by atoms with Crippen molar-refractivity contribution in [3.63, 3.8) is 0 Å². The minimum Gasteiger partial charge on any atom is -0.256 e. The summed E-state index contributed by atoms with van der Waals surface area (Å²) in [5, 5.41) is 0. The molecule has 0 atom stereocenters. The van der Waals surface area contributed by atoms with Crippen molar-refractivity contribution >= 4 is 16.1 Å². The van der Waals surface area contributed by atoms with Gasteiger partial charge in [0.25, 0.3) is 0 Å². The van der Waals surface area contributed by atoms with Crippen molar-refractivity contribution in [3.05, 3.63) is 12.2 Å². The van der Waals surface area contributed by atoms with E-state index in [4.69, 9.17) is 0 Å². The van der Waals surface area contributed by atoms with Gasteiger partial charge >= 0.3 is 0 Å². The van der Waals surface area contributed by atoms with Gasteiger partial charge in [-0.15, -0.1) is 0 Å². The number of rotatable bonds is 16. The second kappa shape index (κ2) is 19.2. The monoisotopic (exact) mass is 345 g/mol. The lowest BCUT2D eigenvalue weighted by Gasteiger charge is -2.00. The van der Waals surface area contributed by atoms with Gasteiger partial charge in [0.2, 0.25) is 0 Å².